The van der Waals surface area contributed by atoms with E-state index in [1.165, 1.54) is 7.11 Å². The van der Waals surface area contributed by atoms with Gasteiger partial charge < -0.3 is 10.1 Å². The third kappa shape index (κ3) is 7.00. The van der Waals surface area contributed by atoms with Gasteiger partial charge in [0.25, 0.3) is 0 Å². The Morgan fingerprint density at radius 1 is 1.17 bits per heavy atom. The van der Waals surface area contributed by atoms with Crippen LogP contribution in [0.15, 0.2) is 23.1 Å². The number of halogens is 5. The van der Waals surface area contributed by atoms with E-state index < -0.39 is 32.5 Å². The molecule has 0 amide bonds. The molecular formula is C12H17ClF4N2O3S. The summed E-state index contributed by atoms with van der Waals surface area (Å²) in [6, 6.07) is 1.47. The highest BCUT2D eigenvalue weighted by Crippen LogP contribution is 2.32. The van der Waals surface area contributed by atoms with Crippen molar-refractivity contribution >= 4 is 22.4 Å². The number of alkyl halides is 3. The van der Waals surface area contributed by atoms with E-state index in [9.17, 15) is 26.0 Å². The Morgan fingerprint density at radius 2 is 1.83 bits per heavy atom. The van der Waals surface area contributed by atoms with Gasteiger partial charge in [0.15, 0.2) is 0 Å². The van der Waals surface area contributed by atoms with E-state index >= 15 is 0 Å². The summed E-state index contributed by atoms with van der Waals surface area (Å²) in [5.41, 5.74) is -1.51. The second-order valence-corrected chi connectivity index (χ2v) is 6.05. The number of ether oxygens (including phenoxy) is 1. The lowest BCUT2D eigenvalue weighted by Crippen LogP contribution is -2.33. The van der Waals surface area contributed by atoms with Crippen molar-refractivity contribution in [3.63, 3.8) is 0 Å². The first kappa shape index (κ1) is 22.1. The maximum Gasteiger partial charge on any atom is 0.419 e. The van der Waals surface area contributed by atoms with E-state index in [1.807, 2.05) is 0 Å². The van der Waals surface area contributed by atoms with Crippen molar-refractivity contribution in [2.45, 2.75) is 11.1 Å². The van der Waals surface area contributed by atoms with Crippen LogP contribution >= 0.6 is 12.4 Å². The number of benzene rings is 1. The van der Waals surface area contributed by atoms with E-state index in [-0.39, 0.29) is 19.0 Å². The van der Waals surface area contributed by atoms with Gasteiger partial charge in [0.1, 0.15) is 5.82 Å². The first-order valence-electron chi connectivity index (χ1n) is 6.24. The largest absolute Gasteiger partial charge is 0.419 e. The molecule has 0 aliphatic rings. The molecule has 134 valence electrons. The molecule has 0 fully saturated rings. The van der Waals surface area contributed by atoms with E-state index in [0.29, 0.717) is 37.9 Å². The number of nitrogens with one attached hydrogen (secondary N) is 2. The Kier molecular flexibility index (Phi) is 9.00. The van der Waals surface area contributed by atoms with Crippen molar-refractivity contribution in [1.82, 2.24) is 10.0 Å². The number of rotatable bonds is 8. The zero-order chi connectivity index (χ0) is 16.8. The lowest BCUT2D eigenvalue weighted by Gasteiger charge is -2.11. The zero-order valence-corrected chi connectivity index (χ0v) is 13.7. The lowest BCUT2D eigenvalue weighted by molar-refractivity contribution is -0.140. The molecule has 2 N–H and O–H groups in total. The van der Waals surface area contributed by atoms with E-state index in [2.05, 4.69) is 10.0 Å². The van der Waals surface area contributed by atoms with Gasteiger partial charge in [-0.15, -0.1) is 12.4 Å². The van der Waals surface area contributed by atoms with Gasteiger partial charge in [0, 0.05) is 26.7 Å². The van der Waals surface area contributed by atoms with Crippen LogP contribution in [-0.4, -0.2) is 41.8 Å². The maximum absolute atomic E-state index is 13.4. The molecule has 0 aromatic heterocycles. The van der Waals surface area contributed by atoms with Gasteiger partial charge in [0.05, 0.1) is 17.1 Å². The van der Waals surface area contributed by atoms with Crippen molar-refractivity contribution < 1.29 is 30.7 Å². The Labute approximate surface area is 137 Å². The monoisotopic (exact) mass is 380 g/mol. The van der Waals surface area contributed by atoms with Crippen LogP contribution in [0.2, 0.25) is 0 Å². The Hall–Kier alpha value is -0.940. The van der Waals surface area contributed by atoms with Crippen LogP contribution in [-0.2, 0) is 20.9 Å². The van der Waals surface area contributed by atoms with Crippen LogP contribution in [0.25, 0.3) is 0 Å². The summed E-state index contributed by atoms with van der Waals surface area (Å²) in [6.45, 7) is 1.28. The molecule has 0 heterocycles. The van der Waals surface area contributed by atoms with Crippen molar-refractivity contribution in [2.24, 2.45) is 0 Å². The summed E-state index contributed by atoms with van der Waals surface area (Å²) >= 11 is 0. The van der Waals surface area contributed by atoms with Crippen molar-refractivity contribution in [3.8, 4) is 0 Å². The SMILES string of the molecule is COCCNCCNS(=O)(=O)c1ccc(C(F)(F)F)c(F)c1.Cl. The molecule has 0 spiro atoms. The first-order chi connectivity index (χ1) is 10.2. The highest BCUT2D eigenvalue weighted by atomic mass is 35.5. The van der Waals surface area contributed by atoms with E-state index in [1.54, 1.807) is 0 Å². The molecule has 5 nitrogen and oxygen atoms in total. The minimum atomic E-state index is -4.87. The second-order valence-electron chi connectivity index (χ2n) is 4.28. The predicted octanol–water partition coefficient (Wildman–Crippen LogP) is 1.78. The number of hydrogen-bond donors (Lipinski definition) is 2. The van der Waals surface area contributed by atoms with Gasteiger partial charge in [-0.25, -0.2) is 17.5 Å². The number of sulfonamides is 1. The average molecular weight is 381 g/mol. The van der Waals surface area contributed by atoms with Gasteiger partial charge in [-0.2, -0.15) is 13.2 Å². The van der Waals surface area contributed by atoms with Crippen LogP contribution in [0.3, 0.4) is 0 Å². The summed E-state index contributed by atoms with van der Waals surface area (Å²) in [5.74, 6) is -1.63. The maximum atomic E-state index is 13.4. The summed E-state index contributed by atoms with van der Waals surface area (Å²) in [6.07, 6.45) is -4.87. The molecule has 0 aliphatic heterocycles. The molecule has 1 rings (SSSR count). The molecule has 1 aromatic carbocycles. The molecular weight excluding hydrogens is 364 g/mol. The summed E-state index contributed by atoms with van der Waals surface area (Å²) in [5, 5.41) is 2.88. The molecule has 0 radical (unpaired) electrons. The zero-order valence-electron chi connectivity index (χ0n) is 12.1. The lowest BCUT2D eigenvalue weighted by atomic mass is 10.2. The van der Waals surface area contributed by atoms with Crippen LogP contribution < -0.4 is 10.0 Å². The fourth-order valence-corrected chi connectivity index (χ4v) is 2.59. The normalized spacial score (nSPS) is 12.0. The molecule has 23 heavy (non-hydrogen) atoms. The van der Waals surface area contributed by atoms with Gasteiger partial charge in [-0.3, -0.25) is 0 Å². The van der Waals surface area contributed by atoms with Crippen LogP contribution in [0.4, 0.5) is 17.6 Å². The Bertz CT molecular complexity index is 596. The van der Waals surface area contributed by atoms with Gasteiger partial charge >= 0.3 is 6.18 Å². The van der Waals surface area contributed by atoms with Crippen LogP contribution in [0.1, 0.15) is 5.56 Å². The van der Waals surface area contributed by atoms with Crippen molar-refractivity contribution in [3.05, 3.63) is 29.6 Å². The molecule has 0 saturated carbocycles. The predicted molar refractivity (Wildman–Crippen MR) is 78.6 cm³/mol. The van der Waals surface area contributed by atoms with Gasteiger partial charge in [-0.1, -0.05) is 0 Å². The molecule has 0 aliphatic carbocycles. The molecule has 0 atom stereocenters. The molecule has 0 unspecified atom stereocenters. The summed E-state index contributed by atoms with van der Waals surface area (Å²) in [4.78, 5) is -0.560. The molecule has 0 saturated heterocycles. The summed E-state index contributed by atoms with van der Waals surface area (Å²) in [7, 11) is -2.55. The molecule has 1 aromatic rings. The van der Waals surface area contributed by atoms with Gasteiger partial charge in [-0.05, 0) is 18.2 Å². The smallest absolute Gasteiger partial charge is 0.383 e. The highest BCUT2D eigenvalue weighted by molar-refractivity contribution is 7.89. The topological polar surface area (TPSA) is 67.4 Å². The van der Waals surface area contributed by atoms with E-state index in [4.69, 9.17) is 4.74 Å². The van der Waals surface area contributed by atoms with E-state index in [0.717, 1.165) is 0 Å². The van der Waals surface area contributed by atoms with Crippen LogP contribution in [0.5, 0.6) is 0 Å². The van der Waals surface area contributed by atoms with Crippen molar-refractivity contribution in [2.75, 3.05) is 33.4 Å². The fourth-order valence-electron chi connectivity index (χ4n) is 1.55. The third-order valence-corrected chi connectivity index (χ3v) is 4.09. The Morgan fingerprint density at radius 3 is 2.35 bits per heavy atom. The number of methoxy groups -OCH3 is 1. The summed E-state index contributed by atoms with van der Waals surface area (Å²) < 4.78 is 81.2. The van der Waals surface area contributed by atoms with Crippen LogP contribution in [0, 0.1) is 5.82 Å². The first-order valence-corrected chi connectivity index (χ1v) is 7.73. The Balaban J connectivity index is 0.00000484. The quantitative estimate of drug-likeness (QED) is 0.533. The molecule has 11 heteroatoms. The second kappa shape index (κ2) is 9.38. The molecule has 0 bridgehead atoms. The third-order valence-electron chi connectivity index (χ3n) is 2.63. The fraction of sp³-hybridized carbons (Fsp3) is 0.500. The minimum absolute atomic E-state index is 0. The average Bonchev–Trinajstić information content (AvgIpc) is 2.41. The van der Waals surface area contributed by atoms with Gasteiger partial charge in [0.2, 0.25) is 10.0 Å². The van der Waals surface area contributed by atoms with Crippen molar-refractivity contribution in [1.29, 1.82) is 0 Å². The minimum Gasteiger partial charge on any atom is -0.383 e. The standard InChI is InChI=1S/C12H16F4N2O3S.ClH/c1-21-7-6-17-4-5-18-22(19,20)9-2-3-10(11(13)8-9)12(14,15)16;/h2-3,8,17-18H,4-7H2,1H3;1H. The highest BCUT2D eigenvalue weighted by Gasteiger charge is 2.34. The number of hydrogen-bond acceptors (Lipinski definition) is 4.